The van der Waals surface area contributed by atoms with Crippen LogP contribution in [-0.2, 0) is 14.3 Å². The maximum Gasteiger partial charge on any atom is 0.331 e. The zero-order valence-electron chi connectivity index (χ0n) is 12.7. The first kappa shape index (κ1) is 17.5. The van der Waals surface area contributed by atoms with E-state index in [0.717, 1.165) is 4.47 Å². The van der Waals surface area contributed by atoms with Gasteiger partial charge in [0.15, 0.2) is 6.61 Å². The van der Waals surface area contributed by atoms with Crippen molar-refractivity contribution in [2.24, 2.45) is 0 Å². The van der Waals surface area contributed by atoms with Crippen molar-refractivity contribution in [3.8, 4) is 5.75 Å². The third kappa shape index (κ3) is 4.74. The summed E-state index contributed by atoms with van der Waals surface area (Å²) in [6.45, 7) is 5.15. The zero-order chi connectivity index (χ0) is 16.0. The van der Waals surface area contributed by atoms with Crippen LogP contribution in [0, 0.1) is 0 Å². The smallest absolute Gasteiger partial charge is 0.331 e. The summed E-state index contributed by atoms with van der Waals surface area (Å²) < 4.78 is 11.3. The Balaban J connectivity index is 2.61. The molecule has 0 N–H and O–H groups in total. The van der Waals surface area contributed by atoms with Crippen LogP contribution in [0.1, 0.15) is 20.8 Å². The summed E-state index contributed by atoms with van der Waals surface area (Å²) in [4.78, 5) is 25.3. The standard InChI is InChI=1S/C15H20BrNO4/c1-5-20-14(19)15(2,3)17(4)13(18)10-21-12-8-6-11(16)7-9-12/h6-9H,5,10H2,1-4H3. The summed E-state index contributed by atoms with van der Waals surface area (Å²) in [5.74, 6) is -0.144. The van der Waals surface area contributed by atoms with Crippen molar-refractivity contribution in [2.75, 3.05) is 20.3 Å². The van der Waals surface area contributed by atoms with Crippen LogP contribution in [0.3, 0.4) is 0 Å². The lowest BCUT2D eigenvalue weighted by molar-refractivity contribution is -0.160. The molecule has 21 heavy (non-hydrogen) atoms. The van der Waals surface area contributed by atoms with E-state index in [-0.39, 0.29) is 19.1 Å². The molecule has 0 unspecified atom stereocenters. The van der Waals surface area contributed by atoms with Crippen molar-refractivity contribution in [1.82, 2.24) is 4.90 Å². The highest BCUT2D eigenvalue weighted by atomic mass is 79.9. The Morgan fingerprint density at radius 3 is 2.33 bits per heavy atom. The zero-order valence-corrected chi connectivity index (χ0v) is 14.3. The number of carbonyl (C=O) groups excluding carboxylic acids is 2. The Hall–Kier alpha value is -1.56. The summed E-state index contributed by atoms with van der Waals surface area (Å²) in [6, 6.07) is 7.17. The summed E-state index contributed by atoms with van der Waals surface area (Å²) in [5.41, 5.74) is -1.03. The van der Waals surface area contributed by atoms with Crippen molar-refractivity contribution in [3.63, 3.8) is 0 Å². The van der Waals surface area contributed by atoms with Gasteiger partial charge >= 0.3 is 5.97 Å². The lowest BCUT2D eigenvalue weighted by Gasteiger charge is -2.33. The predicted octanol–water partition coefficient (Wildman–Crippen LogP) is 2.63. The number of benzene rings is 1. The van der Waals surface area contributed by atoms with E-state index in [9.17, 15) is 9.59 Å². The molecule has 0 heterocycles. The molecule has 0 fully saturated rings. The van der Waals surface area contributed by atoms with Crippen LogP contribution in [0.4, 0.5) is 0 Å². The molecule has 116 valence electrons. The van der Waals surface area contributed by atoms with Crippen molar-refractivity contribution in [2.45, 2.75) is 26.3 Å². The molecule has 0 atom stereocenters. The van der Waals surface area contributed by atoms with E-state index >= 15 is 0 Å². The molecule has 1 amide bonds. The number of carbonyl (C=O) groups is 2. The fourth-order valence-electron chi connectivity index (χ4n) is 1.53. The number of halogens is 1. The van der Waals surface area contributed by atoms with Crippen molar-refractivity contribution >= 4 is 27.8 Å². The number of esters is 1. The average molecular weight is 358 g/mol. The van der Waals surface area contributed by atoms with E-state index in [4.69, 9.17) is 9.47 Å². The minimum atomic E-state index is -1.03. The van der Waals surface area contributed by atoms with Gasteiger partial charge in [-0.25, -0.2) is 4.79 Å². The largest absolute Gasteiger partial charge is 0.484 e. The molecule has 5 nitrogen and oxygen atoms in total. The maximum atomic E-state index is 12.1. The summed E-state index contributed by atoms with van der Waals surface area (Å²) in [6.07, 6.45) is 0. The van der Waals surface area contributed by atoms with Gasteiger partial charge in [-0.1, -0.05) is 15.9 Å². The monoisotopic (exact) mass is 357 g/mol. The third-order valence-corrected chi connectivity index (χ3v) is 3.69. The van der Waals surface area contributed by atoms with Crippen LogP contribution < -0.4 is 4.74 Å². The van der Waals surface area contributed by atoms with Crippen LogP contribution in [0.25, 0.3) is 0 Å². The molecule has 0 spiro atoms. The first-order valence-corrected chi connectivity index (χ1v) is 7.40. The summed E-state index contributed by atoms with van der Waals surface area (Å²) >= 11 is 3.32. The highest BCUT2D eigenvalue weighted by molar-refractivity contribution is 9.10. The Kier molecular flexibility index (Phi) is 6.20. The topological polar surface area (TPSA) is 55.8 Å². The quantitative estimate of drug-likeness (QED) is 0.734. The highest BCUT2D eigenvalue weighted by Crippen LogP contribution is 2.18. The first-order chi connectivity index (χ1) is 9.78. The molecule has 0 saturated carbocycles. The average Bonchev–Trinajstić information content (AvgIpc) is 2.45. The minimum absolute atomic E-state index is 0.138. The Morgan fingerprint density at radius 1 is 1.24 bits per heavy atom. The van der Waals surface area contributed by atoms with Crippen LogP contribution >= 0.6 is 15.9 Å². The molecule has 0 bridgehead atoms. The number of hydrogen-bond donors (Lipinski definition) is 0. The molecule has 0 aliphatic carbocycles. The Labute approximate surface area is 133 Å². The van der Waals surface area contributed by atoms with Crippen LogP contribution in [0.15, 0.2) is 28.7 Å². The van der Waals surface area contributed by atoms with E-state index in [1.165, 1.54) is 4.90 Å². The van der Waals surface area contributed by atoms with Gasteiger partial charge in [0.2, 0.25) is 0 Å². The number of nitrogens with zero attached hydrogens (tertiary/aromatic N) is 1. The molecule has 1 aromatic rings. The number of hydrogen-bond acceptors (Lipinski definition) is 4. The predicted molar refractivity (Wildman–Crippen MR) is 83.1 cm³/mol. The van der Waals surface area contributed by atoms with Crippen molar-refractivity contribution in [1.29, 1.82) is 0 Å². The van der Waals surface area contributed by atoms with Gasteiger partial charge in [-0.3, -0.25) is 4.79 Å². The van der Waals surface area contributed by atoms with E-state index in [2.05, 4.69) is 15.9 Å². The Bertz CT molecular complexity index is 499. The number of rotatable bonds is 6. The molecular formula is C15H20BrNO4. The van der Waals surface area contributed by atoms with Gasteiger partial charge in [0, 0.05) is 11.5 Å². The second kappa shape index (κ2) is 7.45. The molecule has 0 aromatic heterocycles. The number of amides is 1. The molecule has 1 rings (SSSR count). The molecular weight excluding hydrogens is 338 g/mol. The van der Waals surface area contributed by atoms with Crippen molar-refractivity contribution < 1.29 is 19.1 Å². The SMILES string of the molecule is CCOC(=O)C(C)(C)N(C)C(=O)COc1ccc(Br)cc1. The summed E-state index contributed by atoms with van der Waals surface area (Å²) in [5, 5.41) is 0. The fourth-order valence-corrected chi connectivity index (χ4v) is 1.79. The van der Waals surface area contributed by atoms with Gasteiger partial charge in [0.05, 0.1) is 6.61 Å². The fraction of sp³-hybridized carbons (Fsp3) is 0.467. The lowest BCUT2D eigenvalue weighted by Crippen LogP contribution is -2.52. The van der Waals surface area contributed by atoms with Crippen LogP contribution in [0.2, 0.25) is 0 Å². The minimum Gasteiger partial charge on any atom is -0.484 e. The third-order valence-electron chi connectivity index (χ3n) is 3.16. The molecule has 0 radical (unpaired) electrons. The molecule has 0 aliphatic rings. The number of likely N-dealkylation sites (N-methyl/N-ethyl adjacent to an activating group) is 1. The Morgan fingerprint density at radius 2 is 1.81 bits per heavy atom. The van der Waals surface area contributed by atoms with E-state index < -0.39 is 11.5 Å². The van der Waals surface area contributed by atoms with Gasteiger partial charge in [-0.05, 0) is 45.0 Å². The lowest BCUT2D eigenvalue weighted by atomic mass is 10.0. The highest BCUT2D eigenvalue weighted by Gasteiger charge is 2.36. The van der Waals surface area contributed by atoms with Gasteiger partial charge in [0.1, 0.15) is 11.3 Å². The number of ether oxygens (including phenoxy) is 2. The van der Waals surface area contributed by atoms with Gasteiger partial charge in [-0.2, -0.15) is 0 Å². The van der Waals surface area contributed by atoms with E-state index in [0.29, 0.717) is 5.75 Å². The van der Waals surface area contributed by atoms with Crippen LogP contribution in [-0.4, -0.2) is 42.6 Å². The first-order valence-electron chi connectivity index (χ1n) is 6.61. The van der Waals surface area contributed by atoms with Gasteiger partial charge in [-0.15, -0.1) is 0 Å². The molecule has 0 saturated heterocycles. The summed E-state index contributed by atoms with van der Waals surface area (Å²) in [7, 11) is 1.56. The molecule has 1 aromatic carbocycles. The second-order valence-corrected chi connectivity index (χ2v) is 5.89. The van der Waals surface area contributed by atoms with Gasteiger partial charge < -0.3 is 14.4 Å². The van der Waals surface area contributed by atoms with E-state index in [1.54, 1.807) is 40.0 Å². The van der Waals surface area contributed by atoms with Crippen molar-refractivity contribution in [3.05, 3.63) is 28.7 Å². The normalized spacial score (nSPS) is 10.9. The molecule has 0 aliphatic heterocycles. The van der Waals surface area contributed by atoms with Crippen LogP contribution in [0.5, 0.6) is 5.75 Å². The van der Waals surface area contributed by atoms with Gasteiger partial charge in [0.25, 0.3) is 5.91 Å². The maximum absolute atomic E-state index is 12.1. The second-order valence-electron chi connectivity index (χ2n) is 4.97. The molecule has 6 heteroatoms. The van der Waals surface area contributed by atoms with E-state index in [1.807, 2.05) is 12.1 Å².